The zero-order valence-corrected chi connectivity index (χ0v) is 10.9. The fourth-order valence-corrected chi connectivity index (χ4v) is 2.24. The molecule has 0 bridgehead atoms. The van der Waals surface area contributed by atoms with Crippen LogP contribution in [-0.4, -0.2) is 41.5 Å². The Kier molecular flexibility index (Phi) is 3.37. The van der Waals surface area contributed by atoms with Crippen LogP contribution in [0.2, 0.25) is 0 Å². The molecule has 1 saturated heterocycles. The van der Waals surface area contributed by atoms with Gasteiger partial charge in [0.25, 0.3) is 0 Å². The third-order valence-electron chi connectivity index (χ3n) is 3.30. The Morgan fingerprint density at radius 1 is 1.26 bits per heavy atom. The molecule has 0 saturated carbocycles. The van der Waals surface area contributed by atoms with Crippen molar-refractivity contribution in [3.8, 4) is 11.3 Å². The Labute approximate surface area is 112 Å². The van der Waals surface area contributed by atoms with Crippen LogP contribution in [-0.2, 0) is 4.74 Å². The van der Waals surface area contributed by atoms with Crippen molar-refractivity contribution in [2.75, 3.05) is 31.2 Å². The zero-order chi connectivity index (χ0) is 13.1. The van der Waals surface area contributed by atoms with E-state index in [1.807, 2.05) is 19.1 Å². The monoisotopic (exact) mass is 256 g/mol. The van der Waals surface area contributed by atoms with Crippen molar-refractivity contribution in [1.29, 1.82) is 0 Å². The van der Waals surface area contributed by atoms with Crippen molar-refractivity contribution in [2.24, 2.45) is 0 Å². The molecular weight excluding hydrogens is 240 g/mol. The van der Waals surface area contributed by atoms with Gasteiger partial charge in [0, 0.05) is 30.5 Å². The zero-order valence-electron chi connectivity index (χ0n) is 10.9. The molecule has 0 aliphatic carbocycles. The van der Waals surface area contributed by atoms with Crippen LogP contribution in [0.5, 0.6) is 0 Å². The first-order valence-corrected chi connectivity index (χ1v) is 6.42. The molecule has 1 fully saturated rings. The molecule has 0 aromatic carbocycles. The van der Waals surface area contributed by atoms with Gasteiger partial charge in [0.2, 0.25) is 0 Å². The number of pyridine rings is 1. The normalized spacial score (nSPS) is 15.5. The SMILES string of the molecule is Cc1ncccc1-c1cc(N2CCOCC2)cnn1. The molecule has 98 valence electrons. The van der Waals surface area contributed by atoms with Crippen LogP contribution in [0.3, 0.4) is 0 Å². The van der Waals surface area contributed by atoms with Crippen LogP contribution in [0.25, 0.3) is 11.3 Å². The highest BCUT2D eigenvalue weighted by molar-refractivity contribution is 5.65. The summed E-state index contributed by atoms with van der Waals surface area (Å²) in [6.07, 6.45) is 3.60. The number of nitrogens with zero attached hydrogens (tertiary/aromatic N) is 4. The molecule has 1 aliphatic heterocycles. The molecule has 2 aromatic heterocycles. The summed E-state index contributed by atoms with van der Waals surface area (Å²) in [7, 11) is 0. The maximum Gasteiger partial charge on any atom is 0.0968 e. The Morgan fingerprint density at radius 3 is 2.89 bits per heavy atom. The van der Waals surface area contributed by atoms with E-state index in [1.165, 1.54) is 0 Å². The second-order valence-electron chi connectivity index (χ2n) is 4.53. The average Bonchev–Trinajstić information content (AvgIpc) is 2.49. The Hall–Kier alpha value is -2.01. The largest absolute Gasteiger partial charge is 0.378 e. The van der Waals surface area contributed by atoms with Crippen LogP contribution >= 0.6 is 0 Å². The number of ether oxygens (including phenoxy) is 1. The van der Waals surface area contributed by atoms with E-state index in [4.69, 9.17) is 4.74 Å². The molecule has 3 heterocycles. The first-order chi connectivity index (χ1) is 9.34. The van der Waals surface area contributed by atoms with Gasteiger partial charge in [-0.3, -0.25) is 4.98 Å². The number of aromatic nitrogens is 3. The molecule has 0 amide bonds. The molecule has 1 aliphatic rings. The predicted molar refractivity (Wildman–Crippen MR) is 73.0 cm³/mol. The van der Waals surface area contributed by atoms with Crippen molar-refractivity contribution in [1.82, 2.24) is 15.2 Å². The van der Waals surface area contributed by atoms with Crippen LogP contribution in [0.15, 0.2) is 30.6 Å². The van der Waals surface area contributed by atoms with Gasteiger partial charge in [0.15, 0.2) is 0 Å². The second kappa shape index (κ2) is 5.32. The Morgan fingerprint density at radius 2 is 2.11 bits per heavy atom. The predicted octanol–water partition coefficient (Wildman–Crippen LogP) is 1.68. The Bertz CT molecular complexity index is 567. The first-order valence-electron chi connectivity index (χ1n) is 6.42. The molecule has 5 heteroatoms. The highest BCUT2D eigenvalue weighted by Gasteiger charge is 2.13. The molecular formula is C14H16N4O. The van der Waals surface area contributed by atoms with Gasteiger partial charge in [0.1, 0.15) is 0 Å². The minimum Gasteiger partial charge on any atom is -0.378 e. The molecule has 0 N–H and O–H groups in total. The van der Waals surface area contributed by atoms with Crippen LogP contribution < -0.4 is 4.90 Å². The van der Waals surface area contributed by atoms with Gasteiger partial charge >= 0.3 is 0 Å². The average molecular weight is 256 g/mol. The molecule has 0 spiro atoms. The van der Waals surface area contributed by atoms with Crippen molar-refractivity contribution < 1.29 is 4.74 Å². The molecule has 3 rings (SSSR count). The fourth-order valence-electron chi connectivity index (χ4n) is 2.24. The van der Waals surface area contributed by atoms with Crippen molar-refractivity contribution in [2.45, 2.75) is 6.92 Å². The third kappa shape index (κ3) is 2.56. The minimum absolute atomic E-state index is 0.767. The second-order valence-corrected chi connectivity index (χ2v) is 4.53. The fraction of sp³-hybridized carbons (Fsp3) is 0.357. The number of anilines is 1. The summed E-state index contributed by atoms with van der Waals surface area (Å²) in [6, 6.07) is 6.02. The lowest BCUT2D eigenvalue weighted by Gasteiger charge is -2.28. The number of hydrogen-bond acceptors (Lipinski definition) is 5. The van der Waals surface area contributed by atoms with E-state index in [1.54, 1.807) is 12.4 Å². The number of aryl methyl sites for hydroxylation is 1. The van der Waals surface area contributed by atoms with E-state index in [-0.39, 0.29) is 0 Å². The van der Waals surface area contributed by atoms with Crippen LogP contribution in [0.1, 0.15) is 5.69 Å². The maximum atomic E-state index is 5.37. The van der Waals surface area contributed by atoms with E-state index >= 15 is 0 Å². The molecule has 19 heavy (non-hydrogen) atoms. The summed E-state index contributed by atoms with van der Waals surface area (Å²) in [6.45, 7) is 5.32. The van der Waals surface area contributed by atoms with Gasteiger partial charge in [-0.15, -0.1) is 0 Å². The lowest BCUT2D eigenvalue weighted by Crippen LogP contribution is -2.36. The summed E-state index contributed by atoms with van der Waals surface area (Å²) in [5, 5.41) is 8.33. The first kappa shape index (κ1) is 12.0. The summed E-state index contributed by atoms with van der Waals surface area (Å²) in [5.74, 6) is 0. The van der Waals surface area contributed by atoms with Gasteiger partial charge in [-0.1, -0.05) is 0 Å². The van der Waals surface area contributed by atoms with Gasteiger partial charge < -0.3 is 9.64 Å². The smallest absolute Gasteiger partial charge is 0.0968 e. The van der Waals surface area contributed by atoms with Crippen molar-refractivity contribution in [3.63, 3.8) is 0 Å². The molecule has 0 atom stereocenters. The van der Waals surface area contributed by atoms with Gasteiger partial charge in [-0.25, -0.2) is 0 Å². The third-order valence-corrected chi connectivity index (χ3v) is 3.30. The summed E-state index contributed by atoms with van der Waals surface area (Å²) < 4.78 is 5.37. The lowest BCUT2D eigenvalue weighted by molar-refractivity contribution is 0.122. The quantitative estimate of drug-likeness (QED) is 0.818. The highest BCUT2D eigenvalue weighted by atomic mass is 16.5. The molecule has 2 aromatic rings. The summed E-state index contributed by atoms with van der Waals surface area (Å²) in [5.41, 5.74) is 3.96. The van der Waals surface area contributed by atoms with Crippen LogP contribution in [0.4, 0.5) is 5.69 Å². The number of rotatable bonds is 2. The highest BCUT2D eigenvalue weighted by Crippen LogP contribution is 2.23. The van der Waals surface area contributed by atoms with Crippen molar-refractivity contribution in [3.05, 3.63) is 36.3 Å². The van der Waals surface area contributed by atoms with Crippen molar-refractivity contribution >= 4 is 5.69 Å². The van der Waals surface area contributed by atoms with E-state index in [0.717, 1.165) is 48.9 Å². The topological polar surface area (TPSA) is 51.1 Å². The van der Waals surface area contributed by atoms with Gasteiger partial charge in [-0.2, -0.15) is 10.2 Å². The van der Waals surface area contributed by atoms with Crippen LogP contribution in [0, 0.1) is 6.92 Å². The summed E-state index contributed by atoms with van der Waals surface area (Å²) >= 11 is 0. The number of hydrogen-bond donors (Lipinski definition) is 0. The van der Waals surface area contributed by atoms with E-state index in [0.29, 0.717) is 0 Å². The van der Waals surface area contributed by atoms with E-state index in [2.05, 4.69) is 26.1 Å². The number of morpholine rings is 1. The lowest BCUT2D eigenvalue weighted by atomic mass is 10.1. The molecule has 0 radical (unpaired) electrons. The maximum absolute atomic E-state index is 5.37. The minimum atomic E-state index is 0.767. The molecule has 0 unspecified atom stereocenters. The van der Waals surface area contributed by atoms with Gasteiger partial charge in [0.05, 0.1) is 30.8 Å². The summed E-state index contributed by atoms with van der Waals surface area (Å²) in [4.78, 5) is 6.57. The standard InChI is InChI=1S/C14H16N4O/c1-11-13(3-2-4-15-11)14-9-12(10-16-17-14)18-5-7-19-8-6-18/h2-4,9-10H,5-8H2,1H3. The molecule has 5 nitrogen and oxygen atoms in total. The Balaban J connectivity index is 1.93. The van der Waals surface area contributed by atoms with Gasteiger partial charge in [-0.05, 0) is 25.1 Å². The van der Waals surface area contributed by atoms with E-state index < -0.39 is 0 Å². The van der Waals surface area contributed by atoms with E-state index in [9.17, 15) is 0 Å².